The largest absolute Gasteiger partial charge is 0.384 e. The van der Waals surface area contributed by atoms with E-state index in [9.17, 15) is 0 Å². The second-order valence-electron chi connectivity index (χ2n) is 4.05. The predicted octanol–water partition coefficient (Wildman–Crippen LogP) is 3.10. The zero-order valence-corrected chi connectivity index (χ0v) is 9.97. The molecule has 0 radical (unpaired) electrons. The number of aromatic nitrogens is 3. The molecule has 0 atom stereocenters. The van der Waals surface area contributed by atoms with Crippen molar-refractivity contribution in [2.24, 2.45) is 0 Å². The number of rotatable bonds is 1. The van der Waals surface area contributed by atoms with Crippen LogP contribution in [0.3, 0.4) is 0 Å². The molecule has 0 spiro atoms. The van der Waals surface area contributed by atoms with E-state index in [0.29, 0.717) is 10.8 Å². The molecule has 5 heteroatoms. The van der Waals surface area contributed by atoms with Gasteiger partial charge in [-0.1, -0.05) is 11.6 Å². The highest BCUT2D eigenvalue weighted by Crippen LogP contribution is 2.33. The number of aromatic amines is 2. The molecule has 2 aromatic heterocycles. The molecule has 3 aromatic rings. The molecule has 0 fully saturated rings. The maximum absolute atomic E-state index is 6.24. The third-order valence-corrected chi connectivity index (χ3v) is 3.23. The molecule has 2 heterocycles. The lowest BCUT2D eigenvalue weighted by Gasteiger charge is -2.02. The molecule has 4 nitrogen and oxygen atoms in total. The fourth-order valence-electron chi connectivity index (χ4n) is 2.00. The number of H-pyrrole nitrogens is 2. The van der Waals surface area contributed by atoms with Gasteiger partial charge in [0.25, 0.3) is 0 Å². The van der Waals surface area contributed by atoms with Crippen LogP contribution in [-0.4, -0.2) is 15.2 Å². The zero-order valence-electron chi connectivity index (χ0n) is 9.21. The average Bonchev–Trinajstić information content (AvgIpc) is 2.86. The maximum Gasteiger partial charge on any atom is 0.126 e. The van der Waals surface area contributed by atoms with E-state index in [1.54, 1.807) is 6.20 Å². The zero-order chi connectivity index (χ0) is 12.0. The van der Waals surface area contributed by atoms with Gasteiger partial charge >= 0.3 is 0 Å². The second kappa shape index (κ2) is 3.53. The van der Waals surface area contributed by atoms with E-state index < -0.39 is 0 Å². The van der Waals surface area contributed by atoms with E-state index in [2.05, 4.69) is 21.2 Å². The van der Waals surface area contributed by atoms with Crippen LogP contribution < -0.4 is 5.73 Å². The number of nitrogens with one attached hydrogen (secondary N) is 2. The number of nitrogens with zero attached hydrogens (tertiary/aromatic N) is 1. The molecule has 86 valence electrons. The number of halogens is 1. The van der Waals surface area contributed by atoms with E-state index >= 15 is 0 Å². The van der Waals surface area contributed by atoms with Gasteiger partial charge in [-0.3, -0.25) is 5.10 Å². The molecule has 0 aliphatic heterocycles. The average molecular weight is 247 g/mol. The van der Waals surface area contributed by atoms with Gasteiger partial charge in [0.1, 0.15) is 5.82 Å². The lowest BCUT2D eigenvalue weighted by atomic mass is 10.1. The predicted molar refractivity (Wildman–Crippen MR) is 70.0 cm³/mol. The Hall–Kier alpha value is -1.94. The van der Waals surface area contributed by atoms with Gasteiger partial charge < -0.3 is 10.7 Å². The van der Waals surface area contributed by atoms with E-state index in [1.807, 2.05) is 19.2 Å². The molecule has 0 aliphatic rings. The van der Waals surface area contributed by atoms with Crippen LogP contribution in [0.2, 0.25) is 5.02 Å². The van der Waals surface area contributed by atoms with Crippen LogP contribution in [0.25, 0.3) is 22.0 Å². The van der Waals surface area contributed by atoms with Gasteiger partial charge in [-0.05, 0) is 30.2 Å². The van der Waals surface area contributed by atoms with Crippen LogP contribution in [0.4, 0.5) is 5.82 Å². The SMILES string of the molecule is Cc1c[nH]c2c(Cl)cc(-c3cn[nH]c3N)cc12. The second-order valence-corrected chi connectivity index (χ2v) is 4.46. The standard InChI is InChI=1S/C12H11ClN4/c1-6-4-15-11-8(6)2-7(3-10(11)13)9-5-16-17-12(9)14/h2-5,15H,1H3,(H3,14,16,17). The van der Waals surface area contributed by atoms with Crippen LogP contribution in [0, 0.1) is 6.92 Å². The normalized spacial score (nSPS) is 11.2. The van der Waals surface area contributed by atoms with Crippen LogP contribution >= 0.6 is 11.6 Å². The first-order valence-electron chi connectivity index (χ1n) is 5.23. The highest BCUT2D eigenvalue weighted by atomic mass is 35.5. The number of benzene rings is 1. The molecule has 17 heavy (non-hydrogen) atoms. The Morgan fingerprint density at radius 3 is 2.88 bits per heavy atom. The lowest BCUT2D eigenvalue weighted by molar-refractivity contribution is 1.10. The van der Waals surface area contributed by atoms with Crippen molar-refractivity contribution in [3.05, 3.63) is 35.1 Å². The fourth-order valence-corrected chi connectivity index (χ4v) is 2.28. The van der Waals surface area contributed by atoms with Gasteiger partial charge in [0, 0.05) is 17.1 Å². The van der Waals surface area contributed by atoms with E-state index in [4.69, 9.17) is 17.3 Å². The van der Waals surface area contributed by atoms with Gasteiger partial charge in [-0.15, -0.1) is 0 Å². The van der Waals surface area contributed by atoms with E-state index in [-0.39, 0.29) is 0 Å². The number of hydrogen-bond acceptors (Lipinski definition) is 2. The first-order valence-corrected chi connectivity index (χ1v) is 5.61. The monoisotopic (exact) mass is 246 g/mol. The van der Waals surface area contributed by atoms with Gasteiger partial charge in [0.15, 0.2) is 0 Å². The number of nitrogens with two attached hydrogens (primary N) is 1. The quantitative estimate of drug-likeness (QED) is 0.617. The Kier molecular flexibility index (Phi) is 2.12. The summed E-state index contributed by atoms with van der Waals surface area (Å²) in [4.78, 5) is 3.16. The van der Waals surface area contributed by atoms with Gasteiger partial charge in [0.05, 0.1) is 16.7 Å². The summed E-state index contributed by atoms with van der Waals surface area (Å²) in [5, 5.41) is 8.43. The van der Waals surface area contributed by atoms with Crippen LogP contribution in [0.15, 0.2) is 24.5 Å². The number of nitrogen functional groups attached to an aromatic ring is 1. The minimum atomic E-state index is 0.550. The third-order valence-electron chi connectivity index (χ3n) is 2.93. The summed E-state index contributed by atoms with van der Waals surface area (Å²) in [6.07, 6.45) is 3.65. The van der Waals surface area contributed by atoms with Crippen molar-refractivity contribution in [2.45, 2.75) is 6.92 Å². The summed E-state index contributed by atoms with van der Waals surface area (Å²) in [5.74, 6) is 0.550. The van der Waals surface area contributed by atoms with Crippen molar-refractivity contribution in [3.8, 4) is 11.1 Å². The van der Waals surface area contributed by atoms with Crippen LogP contribution in [0.1, 0.15) is 5.56 Å². The Bertz CT molecular complexity index is 696. The van der Waals surface area contributed by atoms with Crippen molar-refractivity contribution in [1.29, 1.82) is 0 Å². The van der Waals surface area contributed by atoms with Crippen molar-refractivity contribution < 1.29 is 0 Å². The van der Waals surface area contributed by atoms with Crippen molar-refractivity contribution in [2.75, 3.05) is 5.73 Å². The smallest absolute Gasteiger partial charge is 0.126 e. The topological polar surface area (TPSA) is 70.5 Å². The lowest BCUT2D eigenvalue weighted by Crippen LogP contribution is -1.88. The van der Waals surface area contributed by atoms with Crippen LogP contribution in [-0.2, 0) is 0 Å². The van der Waals surface area contributed by atoms with Gasteiger partial charge in [-0.2, -0.15) is 5.10 Å². The Morgan fingerprint density at radius 2 is 2.18 bits per heavy atom. The molecule has 0 unspecified atom stereocenters. The Balaban J connectivity index is 2.32. The molecule has 0 saturated carbocycles. The third kappa shape index (κ3) is 1.49. The first-order chi connectivity index (χ1) is 8.16. The summed E-state index contributed by atoms with van der Waals surface area (Å²) in [6.45, 7) is 2.04. The Morgan fingerprint density at radius 1 is 1.35 bits per heavy atom. The highest BCUT2D eigenvalue weighted by molar-refractivity contribution is 6.35. The summed E-state index contributed by atoms with van der Waals surface area (Å²) in [7, 11) is 0. The Labute approximate surface area is 103 Å². The number of aryl methyl sites for hydroxylation is 1. The summed E-state index contributed by atoms with van der Waals surface area (Å²) < 4.78 is 0. The number of fused-ring (bicyclic) bond motifs is 1. The molecule has 0 aliphatic carbocycles. The summed E-state index contributed by atoms with van der Waals surface area (Å²) in [6, 6.07) is 3.95. The molecule has 0 amide bonds. The van der Waals surface area contributed by atoms with Crippen molar-refractivity contribution in [1.82, 2.24) is 15.2 Å². The van der Waals surface area contributed by atoms with Crippen LogP contribution in [0.5, 0.6) is 0 Å². The van der Waals surface area contributed by atoms with Gasteiger partial charge in [0.2, 0.25) is 0 Å². The molecular formula is C12H11ClN4. The minimum absolute atomic E-state index is 0.550. The van der Waals surface area contributed by atoms with Crippen molar-refractivity contribution in [3.63, 3.8) is 0 Å². The molecule has 0 saturated heterocycles. The van der Waals surface area contributed by atoms with E-state index in [1.165, 1.54) is 0 Å². The van der Waals surface area contributed by atoms with Crippen molar-refractivity contribution >= 4 is 28.3 Å². The number of hydrogen-bond donors (Lipinski definition) is 3. The first kappa shape index (κ1) is 10.2. The minimum Gasteiger partial charge on any atom is -0.384 e. The molecule has 0 bridgehead atoms. The van der Waals surface area contributed by atoms with E-state index in [0.717, 1.165) is 27.6 Å². The molecule has 1 aromatic carbocycles. The molecular weight excluding hydrogens is 236 g/mol. The summed E-state index contributed by atoms with van der Waals surface area (Å²) >= 11 is 6.24. The molecule has 3 rings (SSSR count). The van der Waals surface area contributed by atoms with Gasteiger partial charge in [-0.25, -0.2) is 0 Å². The fraction of sp³-hybridized carbons (Fsp3) is 0.0833. The summed E-state index contributed by atoms with van der Waals surface area (Å²) in [5.41, 5.74) is 9.76. The highest BCUT2D eigenvalue weighted by Gasteiger charge is 2.10. The number of anilines is 1. The molecule has 4 N–H and O–H groups in total. The maximum atomic E-state index is 6.24.